The minimum absolute atomic E-state index is 0.0216. The number of amides is 3. The maximum Gasteiger partial charge on any atom is 0.319 e. The first-order valence-corrected chi connectivity index (χ1v) is 22.4. The van der Waals surface area contributed by atoms with Gasteiger partial charge in [0.15, 0.2) is 5.82 Å². The van der Waals surface area contributed by atoms with Crippen LogP contribution in [0, 0.1) is 23.6 Å². The molecule has 1 aliphatic carbocycles. The minimum atomic E-state index is -0.617. The first kappa shape index (κ1) is 42.4. The quantitative estimate of drug-likeness (QED) is 0.103. The molecule has 1 saturated carbocycles. The molecule has 2 aromatic heterocycles. The first-order valence-electron chi connectivity index (χ1n) is 22.4. The number of pyridine rings is 1. The van der Waals surface area contributed by atoms with Gasteiger partial charge in [0.05, 0.1) is 12.0 Å². The van der Waals surface area contributed by atoms with E-state index in [0.717, 1.165) is 99.9 Å². The van der Waals surface area contributed by atoms with Crippen molar-refractivity contribution < 1.29 is 33.4 Å². The Morgan fingerprint density at radius 1 is 0.954 bits per heavy atom. The molecule has 6 aliphatic rings. The van der Waals surface area contributed by atoms with Crippen LogP contribution < -0.4 is 20.3 Å². The number of carboxylic acid groups (broad SMARTS) is 1. The average molecular weight is 880 g/mol. The Kier molecular flexibility index (Phi) is 11.4. The predicted molar refractivity (Wildman–Crippen MR) is 240 cm³/mol. The molecule has 0 radical (unpaired) electrons. The topological polar surface area (TPSA) is 173 Å². The van der Waals surface area contributed by atoms with E-state index in [-0.39, 0.29) is 47.3 Å². The van der Waals surface area contributed by atoms with Gasteiger partial charge < -0.3 is 29.9 Å². The molecule has 334 valence electrons. The number of halogens is 1. The Morgan fingerprint density at radius 2 is 1.69 bits per heavy atom. The van der Waals surface area contributed by atoms with Gasteiger partial charge in [0.1, 0.15) is 23.1 Å². The SMILES string of the molecule is C#Cc1cccc2cccc(-c3ncc4c(N5CC6CCC(C5)N6)nc(OCC5(CN6CCN(Cc7ccc8c(c7)CN(C7CCC(=O)NC7=O)C8=O)CC6)CC5)nc4c3F)c12.O=CO. The Balaban J connectivity index is 0.00000162. The van der Waals surface area contributed by atoms with Gasteiger partial charge in [-0.05, 0) is 60.7 Å². The summed E-state index contributed by atoms with van der Waals surface area (Å²) < 4.78 is 23.5. The number of imide groups is 1. The Labute approximate surface area is 375 Å². The third kappa shape index (κ3) is 8.35. The molecule has 5 aromatic rings. The van der Waals surface area contributed by atoms with Crippen molar-refractivity contribution in [2.75, 3.05) is 57.3 Å². The fourth-order valence-corrected chi connectivity index (χ4v) is 10.5. The third-order valence-electron chi connectivity index (χ3n) is 14.0. The molecule has 11 rings (SSSR count). The maximum absolute atomic E-state index is 17.0. The molecule has 3 unspecified atom stereocenters. The summed E-state index contributed by atoms with van der Waals surface area (Å²) in [5.74, 6) is 2.08. The number of rotatable bonds is 10. The number of piperidine rings is 1. The number of nitrogens with zero attached hydrogens (tertiary/aromatic N) is 7. The molecule has 5 fully saturated rings. The Hall–Kier alpha value is -6.54. The van der Waals surface area contributed by atoms with E-state index in [1.165, 1.54) is 0 Å². The van der Waals surface area contributed by atoms with Crippen molar-refractivity contribution in [2.45, 2.75) is 69.7 Å². The lowest BCUT2D eigenvalue weighted by molar-refractivity contribution is -0.137. The van der Waals surface area contributed by atoms with Crippen molar-refractivity contribution >= 4 is 51.7 Å². The Bertz CT molecular complexity index is 2750. The van der Waals surface area contributed by atoms with Crippen LogP contribution in [0.3, 0.4) is 0 Å². The number of hydrogen-bond acceptors (Lipinski definition) is 12. The van der Waals surface area contributed by atoms with Gasteiger partial charge in [-0.15, -0.1) is 6.42 Å². The number of piperazine rings is 2. The molecule has 3 amide bonds. The molecule has 7 heterocycles. The van der Waals surface area contributed by atoms with E-state index >= 15 is 4.39 Å². The zero-order chi connectivity index (χ0) is 44.8. The zero-order valence-electron chi connectivity index (χ0n) is 36.0. The molecule has 4 saturated heterocycles. The van der Waals surface area contributed by atoms with Crippen LogP contribution in [-0.2, 0) is 27.5 Å². The van der Waals surface area contributed by atoms with Gasteiger partial charge in [-0.25, -0.2) is 4.39 Å². The van der Waals surface area contributed by atoms with Crippen molar-refractivity contribution in [3.63, 3.8) is 0 Å². The number of carbonyl (C=O) groups is 4. The van der Waals surface area contributed by atoms with E-state index in [2.05, 4.69) is 37.3 Å². The molecule has 2 bridgehead atoms. The number of carbonyl (C=O) groups excluding carboxylic acids is 3. The smallest absolute Gasteiger partial charge is 0.319 e. The van der Waals surface area contributed by atoms with Crippen molar-refractivity contribution in [2.24, 2.45) is 5.41 Å². The highest BCUT2D eigenvalue weighted by atomic mass is 19.1. The van der Waals surface area contributed by atoms with Crippen LogP contribution in [0.5, 0.6) is 6.01 Å². The molecule has 0 spiro atoms. The third-order valence-corrected chi connectivity index (χ3v) is 14.0. The number of anilines is 1. The van der Waals surface area contributed by atoms with E-state index in [9.17, 15) is 14.4 Å². The van der Waals surface area contributed by atoms with Crippen LogP contribution in [0.2, 0.25) is 0 Å². The van der Waals surface area contributed by atoms with Crippen molar-refractivity contribution in [1.29, 1.82) is 0 Å². The summed E-state index contributed by atoms with van der Waals surface area (Å²) in [6.07, 6.45) is 12.5. The highest BCUT2D eigenvalue weighted by Crippen LogP contribution is 2.47. The Morgan fingerprint density at radius 3 is 2.42 bits per heavy atom. The summed E-state index contributed by atoms with van der Waals surface area (Å²) in [4.78, 5) is 69.0. The van der Waals surface area contributed by atoms with Crippen LogP contribution in [-0.4, -0.2) is 129 Å². The van der Waals surface area contributed by atoms with Crippen LogP contribution >= 0.6 is 0 Å². The second-order valence-corrected chi connectivity index (χ2v) is 18.2. The van der Waals surface area contributed by atoms with Crippen molar-refractivity contribution in [3.05, 3.63) is 88.9 Å². The fourth-order valence-electron chi connectivity index (χ4n) is 10.5. The summed E-state index contributed by atoms with van der Waals surface area (Å²) in [7, 11) is 0. The summed E-state index contributed by atoms with van der Waals surface area (Å²) in [5.41, 5.74) is 4.37. The number of fused-ring (bicyclic) bond motifs is 5. The minimum Gasteiger partial charge on any atom is -0.483 e. The summed E-state index contributed by atoms with van der Waals surface area (Å²) in [6, 6.07) is 17.7. The zero-order valence-corrected chi connectivity index (χ0v) is 36.0. The number of hydrogen-bond donors (Lipinski definition) is 3. The highest BCUT2D eigenvalue weighted by molar-refractivity contribution is 6.05. The summed E-state index contributed by atoms with van der Waals surface area (Å²) in [6.45, 7) is 7.46. The van der Waals surface area contributed by atoms with E-state index in [1.807, 2.05) is 48.5 Å². The molecular formula is C49H50FN9O6. The first-order chi connectivity index (χ1) is 31.6. The summed E-state index contributed by atoms with van der Waals surface area (Å²) >= 11 is 0. The molecule has 3 aromatic carbocycles. The van der Waals surface area contributed by atoms with Gasteiger partial charge in [-0.3, -0.25) is 34.4 Å². The van der Waals surface area contributed by atoms with Crippen LogP contribution in [0.15, 0.2) is 60.8 Å². The number of benzene rings is 3. The molecule has 3 N–H and O–H groups in total. The van der Waals surface area contributed by atoms with Gasteiger partial charge in [-0.1, -0.05) is 48.4 Å². The predicted octanol–water partition coefficient (Wildman–Crippen LogP) is 4.34. The van der Waals surface area contributed by atoms with Gasteiger partial charge in [0.2, 0.25) is 11.8 Å². The number of aromatic nitrogens is 3. The molecular weight excluding hydrogens is 830 g/mol. The lowest BCUT2D eigenvalue weighted by Gasteiger charge is -2.36. The lowest BCUT2D eigenvalue weighted by Crippen LogP contribution is -2.52. The van der Waals surface area contributed by atoms with E-state index in [1.54, 1.807) is 11.1 Å². The van der Waals surface area contributed by atoms with E-state index < -0.39 is 17.8 Å². The van der Waals surface area contributed by atoms with Gasteiger partial charge in [-0.2, -0.15) is 9.97 Å². The second-order valence-electron chi connectivity index (χ2n) is 18.2. The van der Waals surface area contributed by atoms with Gasteiger partial charge in [0.25, 0.3) is 12.4 Å². The second kappa shape index (κ2) is 17.4. The van der Waals surface area contributed by atoms with E-state index in [4.69, 9.17) is 36.0 Å². The van der Waals surface area contributed by atoms with Crippen molar-refractivity contribution in [1.82, 2.24) is 40.3 Å². The van der Waals surface area contributed by atoms with Gasteiger partial charge in [0, 0.05) is 111 Å². The maximum atomic E-state index is 17.0. The highest BCUT2D eigenvalue weighted by Gasteiger charge is 2.46. The molecule has 65 heavy (non-hydrogen) atoms. The lowest BCUT2D eigenvalue weighted by atomic mass is 9.97. The van der Waals surface area contributed by atoms with Crippen LogP contribution in [0.4, 0.5) is 10.2 Å². The van der Waals surface area contributed by atoms with E-state index in [0.29, 0.717) is 59.6 Å². The fraction of sp³-hybridized carbons (Fsp3) is 0.408. The number of terminal acetylenes is 1. The number of ether oxygens (including phenoxy) is 1. The number of nitrogens with one attached hydrogen (secondary N) is 2. The van der Waals surface area contributed by atoms with Crippen LogP contribution in [0.25, 0.3) is 32.9 Å². The van der Waals surface area contributed by atoms with Crippen LogP contribution in [0.1, 0.15) is 65.6 Å². The van der Waals surface area contributed by atoms with Gasteiger partial charge >= 0.3 is 6.01 Å². The largest absolute Gasteiger partial charge is 0.483 e. The monoisotopic (exact) mass is 879 g/mol. The average Bonchev–Trinajstić information content (AvgIpc) is 3.89. The molecule has 16 heteroatoms. The summed E-state index contributed by atoms with van der Waals surface area (Å²) in [5, 5.41) is 15.2. The normalized spacial score (nSPS) is 22.6. The van der Waals surface area contributed by atoms with Crippen molar-refractivity contribution in [3.8, 4) is 29.6 Å². The molecule has 5 aliphatic heterocycles. The molecule has 3 atom stereocenters. The molecule has 15 nitrogen and oxygen atoms in total. The standard InChI is InChI=1S/C48H48FN9O4.CH2O2/c1-2-30-5-3-6-31-7-4-8-36(40(30)31)42-41(49)43-37(22-50-42)44(57-25-33-10-11-34(26-57)51-33)54-47(53-43)62-28-48(15-16-48)27-56-19-17-55(18-20-56)23-29-9-12-35-32(21-29)24-58(46(35)61)38-13-14-39(59)52-45(38)60;2-1-3/h1,3-9,12,21-22,33-34,38,51H,10-11,13-20,23-28H2,(H,52,59,60);1H,(H,2,3).